The average Bonchev–Trinajstić information content (AvgIpc) is 2.92. The van der Waals surface area contributed by atoms with Crippen LogP contribution in [0, 0.1) is 23.7 Å². The van der Waals surface area contributed by atoms with Gasteiger partial charge in [-0.15, -0.1) is 0 Å². The molecule has 6 nitrogen and oxygen atoms in total. The molecule has 3 N–H and O–H groups in total. The molecule has 0 aromatic carbocycles. The minimum atomic E-state index is -1.07. The van der Waals surface area contributed by atoms with Crippen LogP contribution in [0.1, 0.15) is 72.6 Å². The van der Waals surface area contributed by atoms with E-state index >= 15 is 0 Å². The summed E-state index contributed by atoms with van der Waals surface area (Å²) in [5.74, 6) is -0.663. The van der Waals surface area contributed by atoms with Crippen molar-refractivity contribution in [3.63, 3.8) is 0 Å². The SMILES string of the molecule is CCCC1C2CC(=O)C(C)CC(O)C3OC(C)(CCC(C(O)O2)C1O)CC3C. The Morgan fingerprint density at radius 2 is 1.93 bits per heavy atom. The van der Waals surface area contributed by atoms with E-state index < -0.39 is 30.2 Å². The van der Waals surface area contributed by atoms with Gasteiger partial charge in [0.15, 0.2) is 6.29 Å². The molecule has 0 aromatic heterocycles. The van der Waals surface area contributed by atoms with Crippen molar-refractivity contribution in [2.75, 3.05) is 0 Å². The first-order chi connectivity index (χ1) is 13.1. The van der Waals surface area contributed by atoms with E-state index in [-0.39, 0.29) is 42.0 Å². The molecule has 10 unspecified atom stereocenters. The van der Waals surface area contributed by atoms with Crippen molar-refractivity contribution in [3.8, 4) is 0 Å². The Balaban J connectivity index is 1.89. The quantitative estimate of drug-likeness (QED) is 0.661. The lowest BCUT2D eigenvalue weighted by Crippen LogP contribution is -2.52. The summed E-state index contributed by atoms with van der Waals surface area (Å²) in [6, 6.07) is 0. The van der Waals surface area contributed by atoms with E-state index in [0.717, 1.165) is 19.3 Å². The maximum atomic E-state index is 12.8. The van der Waals surface area contributed by atoms with Crippen molar-refractivity contribution in [2.24, 2.45) is 23.7 Å². The molecule has 162 valence electrons. The lowest BCUT2D eigenvalue weighted by Gasteiger charge is -2.44. The first-order valence-electron chi connectivity index (χ1n) is 11.1. The Kier molecular flexibility index (Phi) is 6.87. The number of ether oxygens (including phenoxy) is 2. The molecular weight excluding hydrogens is 360 g/mol. The van der Waals surface area contributed by atoms with Gasteiger partial charge in [0.25, 0.3) is 0 Å². The van der Waals surface area contributed by atoms with Gasteiger partial charge < -0.3 is 24.8 Å². The highest BCUT2D eigenvalue weighted by atomic mass is 16.6. The highest BCUT2D eigenvalue weighted by molar-refractivity contribution is 5.81. The molecule has 0 spiro atoms. The maximum Gasteiger partial charge on any atom is 0.160 e. The van der Waals surface area contributed by atoms with Crippen molar-refractivity contribution in [1.82, 2.24) is 0 Å². The van der Waals surface area contributed by atoms with Gasteiger partial charge >= 0.3 is 0 Å². The van der Waals surface area contributed by atoms with Crippen LogP contribution in [0.25, 0.3) is 0 Å². The van der Waals surface area contributed by atoms with Crippen LogP contribution in [-0.4, -0.2) is 57.4 Å². The lowest BCUT2D eigenvalue weighted by molar-refractivity contribution is -0.253. The van der Waals surface area contributed by atoms with E-state index in [4.69, 9.17) is 9.47 Å². The summed E-state index contributed by atoms with van der Waals surface area (Å²) >= 11 is 0. The topological polar surface area (TPSA) is 96.2 Å². The molecule has 6 heteroatoms. The molecule has 4 fully saturated rings. The third kappa shape index (κ3) is 4.46. The summed E-state index contributed by atoms with van der Waals surface area (Å²) in [5.41, 5.74) is -0.404. The summed E-state index contributed by atoms with van der Waals surface area (Å²) in [7, 11) is 0. The molecule has 4 aliphatic rings. The van der Waals surface area contributed by atoms with Gasteiger partial charge in [0, 0.05) is 24.2 Å². The molecular formula is C22H38O6. The first kappa shape index (κ1) is 22.2. The number of Topliss-reactive ketones (excluding diaryl/α,β-unsaturated/α-hetero) is 1. The summed E-state index contributed by atoms with van der Waals surface area (Å²) in [6.45, 7) is 8.02. The molecule has 28 heavy (non-hydrogen) atoms. The number of rotatable bonds is 2. The lowest BCUT2D eigenvalue weighted by atomic mass is 9.76. The third-order valence-electron chi connectivity index (χ3n) is 7.33. The van der Waals surface area contributed by atoms with Crippen molar-refractivity contribution in [3.05, 3.63) is 0 Å². The average molecular weight is 399 g/mol. The summed E-state index contributed by atoms with van der Waals surface area (Å²) in [6.07, 6.45) is 1.09. The fraction of sp³-hybridized carbons (Fsp3) is 0.955. The van der Waals surface area contributed by atoms with Crippen LogP contribution in [-0.2, 0) is 14.3 Å². The third-order valence-corrected chi connectivity index (χ3v) is 7.33. The fourth-order valence-electron chi connectivity index (χ4n) is 5.70. The molecule has 0 saturated carbocycles. The largest absolute Gasteiger partial charge is 0.392 e. The molecule has 0 aromatic rings. The highest BCUT2D eigenvalue weighted by Crippen LogP contribution is 2.44. The number of carbonyl (C=O) groups is 1. The van der Waals surface area contributed by atoms with Gasteiger partial charge in [0.2, 0.25) is 0 Å². The molecule has 4 heterocycles. The number of hydrogen-bond donors (Lipinski definition) is 3. The summed E-state index contributed by atoms with van der Waals surface area (Å²) < 4.78 is 12.2. The smallest absolute Gasteiger partial charge is 0.160 e. The van der Waals surface area contributed by atoms with E-state index in [0.29, 0.717) is 19.3 Å². The molecule has 4 aliphatic heterocycles. The highest BCUT2D eigenvalue weighted by Gasteiger charge is 2.49. The number of fused-ring (bicyclic) bond motifs is 7. The predicted octanol–water partition coefficient (Wildman–Crippen LogP) is 2.42. The van der Waals surface area contributed by atoms with Gasteiger partial charge in [-0.2, -0.15) is 0 Å². The van der Waals surface area contributed by atoms with Crippen molar-refractivity contribution in [1.29, 1.82) is 0 Å². The van der Waals surface area contributed by atoms with E-state index in [1.54, 1.807) is 0 Å². The second-order valence-corrected chi connectivity index (χ2v) is 9.80. The van der Waals surface area contributed by atoms with Crippen LogP contribution in [0.5, 0.6) is 0 Å². The predicted molar refractivity (Wildman–Crippen MR) is 104 cm³/mol. The minimum Gasteiger partial charge on any atom is -0.392 e. The van der Waals surface area contributed by atoms with Gasteiger partial charge in [0.1, 0.15) is 5.78 Å². The maximum absolute atomic E-state index is 12.8. The number of aliphatic hydroxyl groups is 3. The molecule has 0 aliphatic carbocycles. The second kappa shape index (κ2) is 8.68. The van der Waals surface area contributed by atoms with Gasteiger partial charge in [-0.1, -0.05) is 27.2 Å². The van der Waals surface area contributed by atoms with Crippen molar-refractivity contribution < 1.29 is 29.6 Å². The van der Waals surface area contributed by atoms with E-state index in [9.17, 15) is 20.1 Å². The van der Waals surface area contributed by atoms with E-state index in [1.807, 2.05) is 13.8 Å². The monoisotopic (exact) mass is 398 g/mol. The number of hydrogen-bond acceptors (Lipinski definition) is 6. The molecule has 0 amide bonds. The van der Waals surface area contributed by atoms with Gasteiger partial charge in [0.05, 0.1) is 30.0 Å². The van der Waals surface area contributed by atoms with Crippen LogP contribution >= 0.6 is 0 Å². The number of ketones is 1. The standard InChI is InChI=1S/C22H38O6/c1-5-6-14-18-10-16(23)12(2)9-17(24)20-13(3)11-22(4,28-20)8-7-15(19(14)25)21(26)27-18/h12-15,17-21,24-26H,5-11H2,1-4H3. The molecule has 4 saturated heterocycles. The summed E-state index contributed by atoms with van der Waals surface area (Å²) in [4.78, 5) is 12.8. The van der Waals surface area contributed by atoms with E-state index in [1.165, 1.54) is 0 Å². The van der Waals surface area contributed by atoms with Gasteiger partial charge in [-0.3, -0.25) is 4.79 Å². The Labute approximate surface area is 168 Å². The Bertz CT molecular complexity index is 553. The van der Waals surface area contributed by atoms with Gasteiger partial charge in [-0.25, -0.2) is 0 Å². The van der Waals surface area contributed by atoms with Crippen molar-refractivity contribution in [2.45, 2.75) is 109 Å². The van der Waals surface area contributed by atoms with Crippen molar-refractivity contribution >= 4 is 5.78 Å². The Morgan fingerprint density at radius 1 is 1.21 bits per heavy atom. The molecule has 0 radical (unpaired) electrons. The van der Waals surface area contributed by atoms with Crippen LogP contribution in [0.2, 0.25) is 0 Å². The van der Waals surface area contributed by atoms with Crippen LogP contribution in [0.4, 0.5) is 0 Å². The second-order valence-electron chi connectivity index (χ2n) is 9.80. The van der Waals surface area contributed by atoms with Crippen LogP contribution < -0.4 is 0 Å². The Hall–Kier alpha value is -0.530. The Morgan fingerprint density at radius 3 is 2.61 bits per heavy atom. The number of carbonyl (C=O) groups excluding carboxylic acids is 1. The van der Waals surface area contributed by atoms with Gasteiger partial charge in [-0.05, 0) is 44.9 Å². The normalized spacial score (nSPS) is 50.5. The molecule has 10 atom stereocenters. The zero-order valence-corrected chi connectivity index (χ0v) is 17.7. The first-order valence-corrected chi connectivity index (χ1v) is 11.1. The fourth-order valence-corrected chi connectivity index (χ4v) is 5.70. The van der Waals surface area contributed by atoms with E-state index in [2.05, 4.69) is 13.8 Å². The molecule has 4 rings (SSSR count). The zero-order valence-electron chi connectivity index (χ0n) is 17.7. The summed E-state index contributed by atoms with van der Waals surface area (Å²) in [5, 5.41) is 32.4. The van der Waals surface area contributed by atoms with Crippen LogP contribution in [0.15, 0.2) is 0 Å². The number of aliphatic hydroxyl groups excluding tert-OH is 3. The minimum absolute atomic E-state index is 0.00785. The zero-order chi connectivity index (χ0) is 20.6. The molecule has 4 bridgehead atoms. The van der Waals surface area contributed by atoms with Crippen LogP contribution in [0.3, 0.4) is 0 Å².